The van der Waals surface area contributed by atoms with E-state index in [4.69, 9.17) is 9.15 Å². The van der Waals surface area contributed by atoms with Crippen molar-refractivity contribution < 1.29 is 27.1 Å². The van der Waals surface area contributed by atoms with E-state index in [1.807, 2.05) is 36.1 Å². The Morgan fingerprint density at radius 2 is 1.74 bits per heavy atom. The number of rotatable bonds is 7. The summed E-state index contributed by atoms with van der Waals surface area (Å²) in [6.45, 7) is 4.92. The number of aryl methyl sites for hydroxylation is 1. The lowest BCUT2D eigenvalue weighted by Crippen LogP contribution is -2.40. The molecule has 180 valence electrons. The Hall–Kier alpha value is -3.17. The van der Waals surface area contributed by atoms with Gasteiger partial charge in [0.2, 0.25) is 5.89 Å². The van der Waals surface area contributed by atoms with Crippen LogP contribution in [0.2, 0.25) is 0 Å². The van der Waals surface area contributed by atoms with E-state index in [-0.39, 0.29) is 24.7 Å². The monoisotopic (exact) mass is 473 g/mol. The lowest BCUT2D eigenvalue weighted by atomic mass is 10.1. The molecule has 0 N–H and O–H groups in total. The van der Waals surface area contributed by atoms with Crippen molar-refractivity contribution in [3.8, 4) is 0 Å². The fourth-order valence-corrected chi connectivity index (χ4v) is 3.83. The highest BCUT2D eigenvalue weighted by atomic mass is 19.4. The van der Waals surface area contributed by atoms with Crippen molar-refractivity contribution in [3.05, 3.63) is 88.6 Å². The van der Waals surface area contributed by atoms with Crippen molar-refractivity contribution in [2.45, 2.75) is 32.7 Å². The van der Waals surface area contributed by atoms with Gasteiger partial charge in [-0.25, -0.2) is 4.98 Å². The van der Waals surface area contributed by atoms with Crippen LogP contribution >= 0.6 is 0 Å². The Labute approximate surface area is 195 Å². The van der Waals surface area contributed by atoms with E-state index in [1.54, 1.807) is 11.0 Å². The Bertz CT molecular complexity index is 1110. The molecular weight excluding hydrogens is 447 g/mol. The SMILES string of the molecule is Cc1ccc(CN(Cc2cccc(C(F)(F)F)c2)Cc2nc(C(=O)N3CCOCC3)co2)cc1. The standard InChI is InChI=1S/C25H26F3N3O3/c1-18-5-7-19(8-6-18)14-30(15-20-3-2-4-21(13-20)25(26,27)28)16-23-29-22(17-34-23)24(32)31-9-11-33-12-10-31/h2-8,13,17H,9-12,14-16H2,1H3. The summed E-state index contributed by atoms with van der Waals surface area (Å²) in [5.74, 6) is 0.108. The minimum Gasteiger partial charge on any atom is -0.447 e. The molecule has 4 rings (SSSR count). The number of nitrogens with zero attached hydrogens (tertiary/aromatic N) is 3. The average molecular weight is 473 g/mol. The summed E-state index contributed by atoms with van der Waals surface area (Å²) < 4.78 is 50.4. The summed E-state index contributed by atoms with van der Waals surface area (Å²) >= 11 is 0. The van der Waals surface area contributed by atoms with Crippen molar-refractivity contribution in [3.63, 3.8) is 0 Å². The molecule has 1 amide bonds. The van der Waals surface area contributed by atoms with Gasteiger partial charge >= 0.3 is 6.18 Å². The smallest absolute Gasteiger partial charge is 0.416 e. The molecule has 3 aromatic rings. The molecule has 1 fully saturated rings. The fourth-order valence-electron chi connectivity index (χ4n) is 3.83. The third-order valence-electron chi connectivity index (χ3n) is 5.62. The number of alkyl halides is 3. The third kappa shape index (κ3) is 6.24. The number of hydrogen-bond acceptors (Lipinski definition) is 5. The molecule has 1 aliphatic heterocycles. The first-order chi connectivity index (χ1) is 16.3. The number of amides is 1. The van der Waals surface area contributed by atoms with Gasteiger partial charge in [0, 0.05) is 26.2 Å². The zero-order chi connectivity index (χ0) is 24.1. The maximum Gasteiger partial charge on any atom is 0.416 e. The van der Waals surface area contributed by atoms with E-state index in [0.29, 0.717) is 44.3 Å². The lowest BCUT2D eigenvalue weighted by Gasteiger charge is -2.25. The molecule has 34 heavy (non-hydrogen) atoms. The summed E-state index contributed by atoms with van der Waals surface area (Å²) in [4.78, 5) is 20.6. The van der Waals surface area contributed by atoms with Gasteiger partial charge in [-0.2, -0.15) is 13.2 Å². The van der Waals surface area contributed by atoms with E-state index in [0.717, 1.165) is 23.3 Å². The van der Waals surface area contributed by atoms with Gasteiger partial charge < -0.3 is 14.1 Å². The summed E-state index contributed by atoms with van der Waals surface area (Å²) in [6, 6.07) is 13.2. The molecule has 0 unspecified atom stereocenters. The molecule has 0 saturated carbocycles. The number of aromatic nitrogens is 1. The Balaban J connectivity index is 1.52. The van der Waals surface area contributed by atoms with Crippen LogP contribution in [0.4, 0.5) is 13.2 Å². The van der Waals surface area contributed by atoms with Crippen LogP contribution in [0.1, 0.15) is 38.6 Å². The quantitative estimate of drug-likeness (QED) is 0.499. The number of carbonyl (C=O) groups is 1. The van der Waals surface area contributed by atoms with Gasteiger partial charge in [-0.05, 0) is 24.1 Å². The highest BCUT2D eigenvalue weighted by molar-refractivity contribution is 5.92. The van der Waals surface area contributed by atoms with Gasteiger partial charge in [0.25, 0.3) is 5.91 Å². The van der Waals surface area contributed by atoms with Crippen molar-refractivity contribution in [2.24, 2.45) is 0 Å². The Morgan fingerprint density at radius 3 is 2.44 bits per heavy atom. The fraction of sp³-hybridized carbons (Fsp3) is 0.360. The number of halogens is 3. The van der Waals surface area contributed by atoms with Crippen molar-refractivity contribution in [2.75, 3.05) is 26.3 Å². The highest BCUT2D eigenvalue weighted by Gasteiger charge is 2.30. The molecular formula is C25H26F3N3O3. The van der Waals surface area contributed by atoms with Gasteiger partial charge in [0.15, 0.2) is 5.69 Å². The summed E-state index contributed by atoms with van der Waals surface area (Å²) in [6.07, 6.45) is -3.07. The van der Waals surface area contributed by atoms with E-state index in [2.05, 4.69) is 4.98 Å². The third-order valence-corrected chi connectivity index (χ3v) is 5.62. The first-order valence-corrected chi connectivity index (χ1v) is 11.0. The predicted octanol–water partition coefficient (Wildman–Crippen LogP) is 4.68. The minimum absolute atomic E-state index is 0.214. The van der Waals surface area contributed by atoms with E-state index in [1.165, 1.54) is 12.3 Å². The number of oxazole rings is 1. The molecule has 0 radical (unpaired) electrons. The highest BCUT2D eigenvalue weighted by Crippen LogP contribution is 2.30. The minimum atomic E-state index is -4.41. The normalized spacial score (nSPS) is 14.6. The van der Waals surface area contributed by atoms with Gasteiger partial charge in [0.1, 0.15) is 6.26 Å². The zero-order valence-electron chi connectivity index (χ0n) is 18.8. The number of benzene rings is 2. The van der Waals surface area contributed by atoms with Crippen LogP contribution in [0.5, 0.6) is 0 Å². The lowest BCUT2D eigenvalue weighted by molar-refractivity contribution is -0.137. The number of morpholine rings is 1. The van der Waals surface area contributed by atoms with Gasteiger partial charge in [-0.1, -0.05) is 48.0 Å². The van der Waals surface area contributed by atoms with Crippen LogP contribution in [0, 0.1) is 6.92 Å². The van der Waals surface area contributed by atoms with Gasteiger partial charge in [0.05, 0.1) is 25.3 Å². The van der Waals surface area contributed by atoms with E-state index in [9.17, 15) is 18.0 Å². The predicted molar refractivity (Wildman–Crippen MR) is 119 cm³/mol. The van der Waals surface area contributed by atoms with Crippen LogP contribution in [0.25, 0.3) is 0 Å². The molecule has 9 heteroatoms. The first kappa shape index (κ1) is 24.0. The van der Waals surface area contributed by atoms with Crippen LogP contribution in [-0.4, -0.2) is 47.0 Å². The summed E-state index contributed by atoms with van der Waals surface area (Å²) in [7, 11) is 0. The van der Waals surface area contributed by atoms with E-state index >= 15 is 0 Å². The maximum absolute atomic E-state index is 13.2. The van der Waals surface area contributed by atoms with Gasteiger partial charge in [-0.15, -0.1) is 0 Å². The molecule has 1 aromatic heterocycles. The number of carbonyl (C=O) groups excluding carboxylic acids is 1. The molecule has 1 aliphatic rings. The van der Waals surface area contributed by atoms with Crippen molar-refractivity contribution >= 4 is 5.91 Å². The van der Waals surface area contributed by atoms with E-state index < -0.39 is 11.7 Å². The van der Waals surface area contributed by atoms with Crippen LogP contribution < -0.4 is 0 Å². The second-order valence-corrected chi connectivity index (χ2v) is 8.36. The number of ether oxygens (including phenoxy) is 1. The van der Waals surface area contributed by atoms with Gasteiger partial charge in [-0.3, -0.25) is 9.69 Å². The molecule has 2 heterocycles. The van der Waals surface area contributed by atoms with Crippen LogP contribution in [0.15, 0.2) is 59.2 Å². The molecule has 2 aromatic carbocycles. The molecule has 0 atom stereocenters. The first-order valence-electron chi connectivity index (χ1n) is 11.0. The number of hydrogen-bond donors (Lipinski definition) is 0. The summed E-state index contributed by atoms with van der Waals surface area (Å²) in [5, 5.41) is 0. The maximum atomic E-state index is 13.2. The molecule has 1 saturated heterocycles. The molecule has 6 nitrogen and oxygen atoms in total. The van der Waals surface area contributed by atoms with Crippen molar-refractivity contribution in [1.29, 1.82) is 0 Å². The largest absolute Gasteiger partial charge is 0.447 e. The van der Waals surface area contributed by atoms with Crippen LogP contribution in [-0.2, 0) is 30.5 Å². The second kappa shape index (κ2) is 10.4. The molecule has 0 aliphatic carbocycles. The van der Waals surface area contributed by atoms with Crippen LogP contribution in [0.3, 0.4) is 0 Å². The molecule has 0 spiro atoms. The average Bonchev–Trinajstić information content (AvgIpc) is 3.28. The molecule has 0 bridgehead atoms. The topological polar surface area (TPSA) is 58.8 Å². The Kier molecular flexibility index (Phi) is 7.33. The Morgan fingerprint density at radius 1 is 1.03 bits per heavy atom. The zero-order valence-corrected chi connectivity index (χ0v) is 18.8. The summed E-state index contributed by atoms with van der Waals surface area (Å²) in [5.41, 5.74) is 2.18. The second-order valence-electron chi connectivity index (χ2n) is 8.36. The van der Waals surface area contributed by atoms with Crippen molar-refractivity contribution in [1.82, 2.24) is 14.8 Å².